The molecule has 1 rings (SSSR count). The van der Waals surface area contributed by atoms with Crippen molar-refractivity contribution in [3.05, 3.63) is 30.3 Å². The summed E-state index contributed by atoms with van der Waals surface area (Å²) in [5, 5.41) is 2.85. The molecule has 0 fully saturated rings. The maximum absolute atomic E-state index is 11.8. The highest BCUT2D eigenvalue weighted by Gasteiger charge is 2.28. The first kappa shape index (κ1) is 18.6. The fraction of sp³-hybridized carbons (Fsp3) is 0.500. The minimum atomic E-state index is -4.88. The second-order valence-corrected chi connectivity index (χ2v) is 5.91. The van der Waals surface area contributed by atoms with Crippen LogP contribution >= 0.6 is 7.82 Å². The third-order valence-electron chi connectivity index (χ3n) is 2.78. The molecule has 1 aromatic carbocycles. The predicted molar refractivity (Wildman–Crippen MR) is 82.3 cm³/mol. The van der Waals surface area contributed by atoms with Gasteiger partial charge in [0.05, 0.1) is 6.61 Å². The zero-order valence-electron chi connectivity index (χ0n) is 12.5. The molecule has 1 aromatic rings. The van der Waals surface area contributed by atoms with E-state index in [1.165, 1.54) is 0 Å². The number of hydrogen-bond donors (Lipinski definition) is 3. The molecule has 7 nitrogen and oxygen atoms in total. The Kier molecular flexibility index (Phi) is 8.12. The van der Waals surface area contributed by atoms with Crippen molar-refractivity contribution < 1.29 is 28.4 Å². The molecule has 0 aromatic heterocycles. The van der Waals surface area contributed by atoms with Crippen molar-refractivity contribution in [3.63, 3.8) is 0 Å². The summed E-state index contributed by atoms with van der Waals surface area (Å²) in [5.74, 6) is -1.05. The molecule has 0 bridgehead atoms. The average Bonchev–Trinajstić information content (AvgIpc) is 2.45. The van der Waals surface area contributed by atoms with Crippen molar-refractivity contribution in [1.82, 2.24) is 0 Å². The van der Waals surface area contributed by atoms with Gasteiger partial charge < -0.3 is 14.6 Å². The molecule has 0 aliphatic heterocycles. The van der Waals surface area contributed by atoms with Crippen LogP contribution in [0.3, 0.4) is 0 Å². The molecular formula is C14H22NO6P. The molecule has 0 heterocycles. The van der Waals surface area contributed by atoms with Crippen molar-refractivity contribution in [2.45, 2.75) is 32.2 Å². The van der Waals surface area contributed by atoms with Gasteiger partial charge in [0.2, 0.25) is 0 Å². The number of carbonyl (C=O) groups is 1. The van der Waals surface area contributed by atoms with E-state index < -0.39 is 19.8 Å². The zero-order chi connectivity index (χ0) is 16.4. The number of nitrogens with one attached hydrogen (secondary N) is 1. The molecule has 8 heteroatoms. The Balaban J connectivity index is 2.60. The van der Waals surface area contributed by atoms with Crippen LogP contribution in [0.4, 0.5) is 5.69 Å². The van der Waals surface area contributed by atoms with Crippen molar-refractivity contribution >= 4 is 19.5 Å². The number of hydrogen-bond acceptors (Lipinski definition) is 5. The summed E-state index contributed by atoms with van der Waals surface area (Å²) >= 11 is 0. The zero-order valence-corrected chi connectivity index (χ0v) is 13.4. The summed E-state index contributed by atoms with van der Waals surface area (Å²) in [4.78, 5) is 29.3. The first-order chi connectivity index (χ1) is 10.4. The van der Waals surface area contributed by atoms with Crippen LogP contribution in [0.15, 0.2) is 30.3 Å². The van der Waals surface area contributed by atoms with Crippen molar-refractivity contribution in [2.24, 2.45) is 0 Å². The number of ether oxygens (including phenoxy) is 1. The number of phosphoric acid groups is 1. The Morgan fingerprint density at radius 3 is 2.55 bits per heavy atom. The molecule has 3 N–H and O–H groups in total. The molecule has 0 unspecified atom stereocenters. The lowest BCUT2D eigenvalue weighted by molar-refractivity contribution is -0.137. The molecule has 1 atom stereocenters. The fourth-order valence-electron chi connectivity index (χ4n) is 1.74. The molecule has 0 aliphatic rings. The summed E-state index contributed by atoms with van der Waals surface area (Å²) in [5.41, 5.74) is 0.632. The Labute approximate surface area is 129 Å². The molecule has 0 aliphatic carbocycles. The van der Waals surface area contributed by atoms with Crippen molar-refractivity contribution in [1.29, 1.82) is 0 Å². The lowest BCUT2D eigenvalue weighted by atomic mass is 10.2. The fourth-order valence-corrected chi connectivity index (χ4v) is 2.10. The van der Waals surface area contributed by atoms with Crippen molar-refractivity contribution in [2.75, 3.05) is 18.5 Å². The van der Waals surface area contributed by atoms with Crippen molar-refractivity contribution in [3.8, 4) is 0 Å². The molecule has 0 radical (unpaired) electrons. The Bertz CT molecular complexity index is 489. The maximum Gasteiger partial charge on any atom is 0.527 e. The normalized spacial score (nSPS) is 12.7. The van der Waals surface area contributed by atoms with E-state index >= 15 is 0 Å². The second-order valence-electron chi connectivity index (χ2n) is 4.75. The Hall–Kier alpha value is -1.40. The summed E-state index contributed by atoms with van der Waals surface area (Å²) in [7, 11) is -4.88. The number of rotatable bonds is 10. The van der Waals surface area contributed by atoms with Crippen LogP contribution in [-0.4, -0.2) is 35.0 Å². The number of anilines is 1. The third kappa shape index (κ3) is 8.14. The average molecular weight is 331 g/mol. The quantitative estimate of drug-likeness (QED) is 0.446. The SMILES string of the molecule is CCCCCOC[C@H](Nc1ccccc1)C(=O)OP(=O)(O)O. The molecular weight excluding hydrogens is 309 g/mol. The standard InChI is InChI=1S/C14H22NO6P/c1-2-3-7-10-20-11-13(14(16)21-22(17,18)19)15-12-8-5-4-6-9-12/h4-6,8-9,13,15H,2-3,7,10-11H2,1H3,(H2,17,18,19)/t13-/m0/s1. The Morgan fingerprint density at radius 2 is 1.95 bits per heavy atom. The summed E-state index contributed by atoms with van der Waals surface area (Å²) in [6.07, 6.45) is 2.93. The van der Waals surface area contributed by atoms with Crippen LogP contribution in [0, 0.1) is 0 Å². The van der Waals surface area contributed by atoms with Crippen LogP contribution in [0.5, 0.6) is 0 Å². The smallest absolute Gasteiger partial charge is 0.379 e. The van der Waals surface area contributed by atoms with E-state index in [0.717, 1.165) is 19.3 Å². The summed E-state index contributed by atoms with van der Waals surface area (Å²) < 4.78 is 20.3. The lowest BCUT2D eigenvalue weighted by Gasteiger charge is -2.19. The van der Waals surface area contributed by atoms with Gasteiger partial charge in [-0.2, -0.15) is 0 Å². The highest BCUT2D eigenvalue weighted by atomic mass is 31.2. The highest BCUT2D eigenvalue weighted by molar-refractivity contribution is 7.46. The van der Waals surface area contributed by atoms with E-state index in [4.69, 9.17) is 14.5 Å². The highest BCUT2D eigenvalue weighted by Crippen LogP contribution is 2.36. The van der Waals surface area contributed by atoms with Gasteiger partial charge in [0.15, 0.2) is 0 Å². The molecule has 124 valence electrons. The molecule has 0 spiro atoms. The van der Waals surface area contributed by atoms with E-state index in [1.807, 2.05) is 6.07 Å². The van der Waals surface area contributed by atoms with Gasteiger partial charge in [0, 0.05) is 12.3 Å². The van der Waals surface area contributed by atoms with E-state index in [2.05, 4.69) is 16.8 Å². The van der Waals surface area contributed by atoms with Crippen LogP contribution < -0.4 is 5.32 Å². The van der Waals surface area contributed by atoms with Gasteiger partial charge in [-0.1, -0.05) is 38.0 Å². The summed E-state index contributed by atoms with van der Waals surface area (Å²) in [6, 6.07) is 7.83. The molecule has 0 saturated carbocycles. The van der Waals surface area contributed by atoms with E-state index in [0.29, 0.717) is 12.3 Å². The molecule has 22 heavy (non-hydrogen) atoms. The van der Waals surface area contributed by atoms with E-state index in [9.17, 15) is 9.36 Å². The number of phosphoric ester groups is 1. The first-order valence-electron chi connectivity index (χ1n) is 7.10. The number of benzene rings is 1. The van der Waals surface area contributed by atoms with Crippen LogP contribution in [0.25, 0.3) is 0 Å². The Morgan fingerprint density at radius 1 is 1.27 bits per heavy atom. The lowest BCUT2D eigenvalue weighted by Crippen LogP contribution is -2.35. The van der Waals surface area contributed by atoms with Gasteiger partial charge in [-0.3, -0.25) is 9.79 Å². The number of carbonyl (C=O) groups excluding carboxylic acids is 1. The number of unbranched alkanes of at least 4 members (excludes halogenated alkanes) is 2. The predicted octanol–water partition coefficient (Wildman–Crippen LogP) is 2.31. The monoisotopic (exact) mass is 331 g/mol. The van der Waals surface area contributed by atoms with Gasteiger partial charge >= 0.3 is 13.8 Å². The third-order valence-corrected chi connectivity index (χ3v) is 3.20. The van der Waals surface area contributed by atoms with E-state index in [-0.39, 0.29) is 6.61 Å². The van der Waals surface area contributed by atoms with Gasteiger partial charge in [0.25, 0.3) is 0 Å². The van der Waals surface area contributed by atoms with E-state index in [1.54, 1.807) is 24.3 Å². The van der Waals surface area contributed by atoms with Gasteiger partial charge in [-0.05, 0) is 18.6 Å². The maximum atomic E-state index is 11.8. The molecule has 0 saturated heterocycles. The second kappa shape index (κ2) is 9.58. The topological polar surface area (TPSA) is 105 Å². The minimum absolute atomic E-state index is 0.0303. The van der Waals surface area contributed by atoms with Gasteiger partial charge in [-0.25, -0.2) is 9.36 Å². The van der Waals surface area contributed by atoms with Crippen LogP contribution in [0.1, 0.15) is 26.2 Å². The first-order valence-corrected chi connectivity index (χ1v) is 8.63. The van der Waals surface area contributed by atoms with Gasteiger partial charge in [0.1, 0.15) is 6.04 Å². The summed E-state index contributed by atoms with van der Waals surface area (Å²) in [6.45, 7) is 2.51. The molecule has 0 amide bonds. The van der Waals surface area contributed by atoms with Crippen LogP contribution in [-0.2, 0) is 18.6 Å². The largest absolute Gasteiger partial charge is 0.527 e. The van der Waals surface area contributed by atoms with Gasteiger partial charge in [-0.15, -0.1) is 0 Å². The van der Waals surface area contributed by atoms with Crippen LogP contribution in [0.2, 0.25) is 0 Å². The minimum Gasteiger partial charge on any atom is -0.379 e. The number of para-hydroxylation sites is 1.